The van der Waals surface area contributed by atoms with Gasteiger partial charge in [0.05, 0.1) is 17.5 Å². The summed E-state index contributed by atoms with van der Waals surface area (Å²) in [5.74, 6) is -1.27. The molecule has 0 amide bonds. The van der Waals surface area contributed by atoms with Crippen LogP contribution in [0, 0.1) is 22.9 Å². The lowest BCUT2D eigenvalue weighted by Crippen LogP contribution is -2.00. The molecular formula is C13H11FN2O5. The molecule has 21 heavy (non-hydrogen) atoms. The van der Waals surface area contributed by atoms with E-state index in [1.807, 2.05) is 0 Å². The highest BCUT2D eigenvalue weighted by molar-refractivity contribution is 5.88. The number of carboxylic acid groups (broad SMARTS) is 1. The normalized spacial score (nSPS) is 10.4. The third kappa shape index (κ3) is 3.35. The first-order chi connectivity index (χ1) is 9.86. The molecule has 110 valence electrons. The van der Waals surface area contributed by atoms with Crippen LogP contribution in [-0.2, 0) is 6.54 Å². The highest BCUT2D eigenvalue weighted by Crippen LogP contribution is 2.21. The Hall–Kier alpha value is -2.90. The largest absolute Gasteiger partial charge is 0.478 e. The summed E-state index contributed by atoms with van der Waals surface area (Å²) in [5.41, 5.74) is -0.135. The van der Waals surface area contributed by atoms with Gasteiger partial charge in [0.2, 0.25) is 0 Å². The van der Waals surface area contributed by atoms with Crippen LogP contribution in [0.1, 0.15) is 21.9 Å². The number of furan rings is 1. The Morgan fingerprint density at radius 3 is 2.71 bits per heavy atom. The lowest BCUT2D eigenvalue weighted by atomic mass is 10.2. The van der Waals surface area contributed by atoms with Crippen LogP contribution in [0.4, 0.5) is 15.8 Å². The summed E-state index contributed by atoms with van der Waals surface area (Å²) in [6.07, 6.45) is 0. The van der Waals surface area contributed by atoms with Crippen LogP contribution in [0.25, 0.3) is 0 Å². The fourth-order valence-corrected chi connectivity index (χ4v) is 1.81. The van der Waals surface area contributed by atoms with Crippen molar-refractivity contribution in [1.82, 2.24) is 0 Å². The number of anilines is 1. The van der Waals surface area contributed by atoms with Crippen LogP contribution in [0.2, 0.25) is 0 Å². The lowest BCUT2D eigenvalue weighted by Gasteiger charge is -2.04. The molecule has 0 saturated heterocycles. The van der Waals surface area contributed by atoms with E-state index in [1.54, 1.807) is 0 Å². The molecule has 1 aromatic carbocycles. The average molecular weight is 294 g/mol. The molecule has 0 saturated carbocycles. The number of aryl methyl sites for hydroxylation is 1. The molecule has 1 heterocycles. The number of hydrogen-bond acceptors (Lipinski definition) is 5. The summed E-state index contributed by atoms with van der Waals surface area (Å²) < 4.78 is 18.5. The smallest absolute Gasteiger partial charge is 0.339 e. The minimum absolute atomic E-state index is 0.0389. The molecule has 0 fully saturated rings. The zero-order chi connectivity index (χ0) is 15.6. The van der Waals surface area contributed by atoms with Gasteiger partial charge in [0, 0.05) is 11.8 Å². The number of aromatic carboxylic acids is 1. The third-order valence-corrected chi connectivity index (χ3v) is 2.76. The monoisotopic (exact) mass is 294 g/mol. The number of carboxylic acids is 1. The molecule has 2 rings (SSSR count). The highest BCUT2D eigenvalue weighted by atomic mass is 19.1. The maximum absolute atomic E-state index is 13.2. The van der Waals surface area contributed by atoms with E-state index in [9.17, 15) is 19.3 Å². The number of non-ortho nitro benzene ring substituents is 1. The number of nitrogens with zero attached hydrogens (tertiary/aromatic N) is 1. The van der Waals surface area contributed by atoms with Gasteiger partial charge in [0.1, 0.15) is 22.9 Å². The van der Waals surface area contributed by atoms with Gasteiger partial charge in [-0.05, 0) is 19.1 Å². The number of nitro groups is 1. The van der Waals surface area contributed by atoms with E-state index >= 15 is 0 Å². The molecule has 2 N–H and O–H groups in total. The molecule has 8 heteroatoms. The molecule has 2 aromatic rings. The van der Waals surface area contributed by atoms with Crippen LogP contribution >= 0.6 is 0 Å². The van der Waals surface area contributed by atoms with Crippen LogP contribution in [0.5, 0.6) is 0 Å². The summed E-state index contributed by atoms with van der Waals surface area (Å²) in [5, 5.41) is 22.3. The van der Waals surface area contributed by atoms with Gasteiger partial charge in [0.25, 0.3) is 5.69 Å². The van der Waals surface area contributed by atoms with E-state index in [0.717, 1.165) is 12.1 Å². The molecule has 0 atom stereocenters. The molecule has 0 spiro atoms. The first kappa shape index (κ1) is 14.5. The van der Waals surface area contributed by atoms with Crippen molar-refractivity contribution in [3.63, 3.8) is 0 Å². The van der Waals surface area contributed by atoms with Crippen LogP contribution in [-0.4, -0.2) is 16.0 Å². The van der Waals surface area contributed by atoms with Crippen molar-refractivity contribution in [2.24, 2.45) is 0 Å². The number of benzene rings is 1. The molecule has 0 unspecified atom stereocenters. The van der Waals surface area contributed by atoms with Crippen molar-refractivity contribution in [3.05, 3.63) is 57.3 Å². The Balaban J connectivity index is 2.14. The van der Waals surface area contributed by atoms with Gasteiger partial charge in [-0.2, -0.15) is 0 Å². The summed E-state index contributed by atoms with van der Waals surface area (Å²) in [6, 6.07) is 4.43. The number of hydrogen-bond donors (Lipinski definition) is 2. The standard InChI is InChI=1S/C13H11FN2O5/c1-7-12(13(17)18)5-11(21-7)6-15-9-2-8(14)3-10(4-9)16(19)20/h2-5,15H,6H2,1H3,(H,17,18). The Morgan fingerprint density at radius 2 is 2.14 bits per heavy atom. The van der Waals surface area contributed by atoms with Gasteiger partial charge in [-0.3, -0.25) is 10.1 Å². The Morgan fingerprint density at radius 1 is 1.43 bits per heavy atom. The number of nitro benzene ring substituents is 1. The summed E-state index contributed by atoms with van der Waals surface area (Å²) in [4.78, 5) is 20.8. The topological polar surface area (TPSA) is 106 Å². The first-order valence-corrected chi connectivity index (χ1v) is 5.88. The lowest BCUT2D eigenvalue weighted by molar-refractivity contribution is -0.385. The molecule has 0 radical (unpaired) electrons. The van der Waals surface area contributed by atoms with Gasteiger partial charge in [0.15, 0.2) is 0 Å². The maximum atomic E-state index is 13.2. The predicted molar refractivity (Wildman–Crippen MR) is 70.8 cm³/mol. The van der Waals surface area contributed by atoms with Crippen molar-refractivity contribution in [1.29, 1.82) is 0 Å². The third-order valence-electron chi connectivity index (χ3n) is 2.76. The molecule has 0 bridgehead atoms. The SMILES string of the molecule is Cc1oc(CNc2cc(F)cc([N+](=O)[O-])c2)cc1C(=O)O. The number of halogens is 1. The van der Waals surface area contributed by atoms with E-state index in [0.29, 0.717) is 5.76 Å². The molecule has 0 aliphatic carbocycles. The van der Waals surface area contributed by atoms with Gasteiger partial charge in [-0.1, -0.05) is 0 Å². The summed E-state index contributed by atoms with van der Waals surface area (Å²) >= 11 is 0. The summed E-state index contributed by atoms with van der Waals surface area (Å²) in [7, 11) is 0. The quantitative estimate of drug-likeness (QED) is 0.648. The minimum atomic E-state index is -1.11. The van der Waals surface area contributed by atoms with Crippen molar-refractivity contribution < 1.29 is 23.6 Å². The Bertz CT molecular complexity index is 711. The van der Waals surface area contributed by atoms with Gasteiger partial charge in [-0.25, -0.2) is 9.18 Å². The van der Waals surface area contributed by atoms with Crippen LogP contribution in [0.3, 0.4) is 0 Å². The van der Waals surface area contributed by atoms with E-state index in [2.05, 4.69) is 5.32 Å². The fourth-order valence-electron chi connectivity index (χ4n) is 1.81. The van der Waals surface area contributed by atoms with Crippen molar-refractivity contribution in [3.8, 4) is 0 Å². The summed E-state index contributed by atoms with van der Waals surface area (Å²) in [6.45, 7) is 1.59. The van der Waals surface area contributed by atoms with E-state index < -0.39 is 16.7 Å². The van der Waals surface area contributed by atoms with E-state index in [4.69, 9.17) is 9.52 Å². The zero-order valence-corrected chi connectivity index (χ0v) is 10.9. The Labute approximate surface area is 118 Å². The van der Waals surface area contributed by atoms with Gasteiger partial charge in [-0.15, -0.1) is 0 Å². The van der Waals surface area contributed by atoms with Crippen molar-refractivity contribution >= 4 is 17.3 Å². The number of nitrogens with one attached hydrogen (secondary N) is 1. The zero-order valence-electron chi connectivity index (χ0n) is 10.9. The van der Waals surface area contributed by atoms with Crippen molar-refractivity contribution in [2.45, 2.75) is 13.5 Å². The average Bonchev–Trinajstić information content (AvgIpc) is 2.77. The van der Waals surface area contributed by atoms with E-state index in [-0.39, 0.29) is 29.2 Å². The van der Waals surface area contributed by atoms with Gasteiger partial charge >= 0.3 is 5.97 Å². The second-order valence-electron chi connectivity index (χ2n) is 4.30. The second-order valence-corrected chi connectivity index (χ2v) is 4.30. The van der Waals surface area contributed by atoms with Crippen molar-refractivity contribution in [2.75, 3.05) is 5.32 Å². The minimum Gasteiger partial charge on any atom is -0.478 e. The van der Waals surface area contributed by atoms with Gasteiger partial charge < -0.3 is 14.8 Å². The molecule has 0 aliphatic rings. The molecule has 0 aliphatic heterocycles. The molecular weight excluding hydrogens is 283 g/mol. The maximum Gasteiger partial charge on any atom is 0.339 e. The molecule has 7 nitrogen and oxygen atoms in total. The first-order valence-electron chi connectivity index (χ1n) is 5.88. The second kappa shape index (κ2) is 5.61. The molecule has 1 aromatic heterocycles. The Kier molecular flexibility index (Phi) is 3.88. The highest BCUT2D eigenvalue weighted by Gasteiger charge is 2.14. The van der Waals surface area contributed by atoms with Crippen LogP contribution in [0.15, 0.2) is 28.7 Å². The fraction of sp³-hybridized carbons (Fsp3) is 0.154. The number of carbonyl (C=O) groups is 1. The van der Waals surface area contributed by atoms with Crippen LogP contribution < -0.4 is 5.32 Å². The number of rotatable bonds is 5. The van der Waals surface area contributed by atoms with E-state index in [1.165, 1.54) is 19.1 Å². The predicted octanol–water partition coefficient (Wildman–Crippen LogP) is 2.95.